The Hall–Kier alpha value is -3.36. The predicted molar refractivity (Wildman–Crippen MR) is 80.7 cm³/mol. The lowest BCUT2D eigenvalue weighted by Gasteiger charge is -2.08. The number of carbonyl (C=O) groups excluding carboxylic acids is 2. The Morgan fingerprint density at radius 1 is 1.30 bits per heavy atom. The normalized spacial score (nSPS) is 10.1. The van der Waals surface area contributed by atoms with Crippen molar-refractivity contribution < 1.29 is 18.9 Å². The van der Waals surface area contributed by atoms with Crippen molar-refractivity contribution in [2.75, 3.05) is 11.9 Å². The number of nitrogens with zero attached hydrogens (tertiary/aromatic N) is 1. The Morgan fingerprint density at radius 3 is 2.70 bits per heavy atom. The van der Waals surface area contributed by atoms with Crippen LogP contribution in [0.4, 0.5) is 11.4 Å². The second kappa shape index (κ2) is 7.07. The summed E-state index contributed by atoms with van der Waals surface area (Å²) >= 11 is 0. The molecule has 0 unspecified atom stereocenters. The van der Waals surface area contributed by atoms with E-state index in [4.69, 9.17) is 10.2 Å². The van der Waals surface area contributed by atoms with Gasteiger partial charge in [-0.05, 0) is 24.3 Å². The van der Waals surface area contributed by atoms with Crippen LogP contribution in [0, 0.1) is 10.1 Å². The zero-order valence-corrected chi connectivity index (χ0v) is 11.9. The molecule has 0 fully saturated rings. The van der Waals surface area contributed by atoms with Crippen molar-refractivity contribution in [3.05, 3.63) is 58.0 Å². The van der Waals surface area contributed by atoms with Crippen molar-refractivity contribution in [1.29, 1.82) is 0 Å². The first kappa shape index (κ1) is 16.0. The highest BCUT2D eigenvalue weighted by Crippen LogP contribution is 2.25. The van der Waals surface area contributed by atoms with Gasteiger partial charge in [0.1, 0.15) is 11.4 Å². The number of nitro benzene ring substituents is 1. The van der Waals surface area contributed by atoms with E-state index >= 15 is 0 Å². The lowest BCUT2D eigenvalue weighted by Crippen LogP contribution is -2.29. The first-order valence-electron chi connectivity index (χ1n) is 6.58. The molecule has 9 nitrogen and oxygen atoms in total. The summed E-state index contributed by atoms with van der Waals surface area (Å²) in [5.41, 5.74) is 4.89. The predicted octanol–water partition coefficient (Wildman–Crippen LogP) is 1.01. The summed E-state index contributed by atoms with van der Waals surface area (Å²) in [6, 6.07) is 7.15. The molecule has 0 atom stereocenters. The van der Waals surface area contributed by atoms with E-state index in [-0.39, 0.29) is 35.9 Å². The molecule has 1 aromatic carbocycles. The zero-order valence-electron chi connectivity index (χ0n) is 11.9. The second-order valence-corrected chi connectivity index (χ2v) is 4.56. The fraction of sp³-hybridized carbons (Fsp3) is 0.143. The summed E-state index contributed by atoms with van der Waals surface area (Å²) in [6.45, 7) is 0.0493. The van der Waals surface area contributed by atoms with Crippen LogP contribution in [0.3, 0.4) is 0 Å². The van der Waals surface area contributed by atoms with Crippen LogP contribution in [-0.4, -0.2) is 23.3 Å². The molecule has 0 aliphatic rings. The molecule has 0 aliphatic heterocycles. The number of nitro groups is 1. The number of primary amides is 1. The van der Waals surface area contributed by atoms with Gasteiger partial charge in [0, 0.05) is 11.6 Å². The molecule has 120 valence electrons. The SMILES string of the molecule is NC(=O)c1ccc(NCC(=O)NCc2ccco2)c([N+](=O)[O-])c1. The van der Waals surface area contributed by atoms with E-state index in [1.54, 1.807) is 12.1 Å². The Balaban J connectivity index is 1.97. The molecule has 23 heavy (non-hydrogen) atoms. The number of anilines is 1. The lowest BCUT2D eigenvalue weighted by molar-refractivity contribution is -0.384. The molecule has 0 spiro atoms. The molecule has 0 saturated heterocycles. The maximum absolute atomic E-state index is 11.7. The van der Waals surface area contributed by atoms with Crippen molar-refractivity contribution in [3.8, 4) is 0 Å². The van der Waals surface area contributed by atoms with Gasteiger partial charge in [0.05, 0.1) is 24.3 Å². The summed E-state index contributed by atoms with van der Waals surface area (Å²) in [6.07, 6.45) is 1.49. The van der Waals surface area contributed by atoms with Crippen LogP contribution < -0.4 is 16.4 Å². The van der Waals surface area contributed by atoms with Gasteiger partial charge < -0.3 is 20.8 Å². The number of hydrogen-bond donors (Lipinski definition) is 3. The number of hydrogen-bond acceptors (Lipinski definition) is 6. The Labute approximate surface area is 130 Å². The van der Waals surface area contributed by atoms with Crippen LogP contribution in [0.1, 0.15) is 16.1 Å². The van der Waals surface area contributed by atoms with Crippen molar-refractivity contribution in [2.45, 2.75) is 6.54 Å². The van der Waals surface area contributed by atoms with Crippen LogP contribution in [0.5, 0.6) is 0 Å². The number of carbonyl (C=O) groups is 2. The minimum absolute atomic E-state index is 0.0181. The molecule has 4 N–H and O–H groups in total. The number of nitrogens with two attached hydrogens (primary N) is 1. The number of amides is 2. The minimum Gasteiger partial charge on any atom is -0.467 e. The van der Waals surface area contributed by atoms with Crippen LogP contribution in [-0.2, 0) is 11.3 Å². The van der Waals surface area contributed by atoms with Crippen LogP contribution >= 0.6 is 0 Å². The van der Waals surface area contributed by atoms with Crippen LogP contribution in [0.2, 0.25) is 0 Å². The lowest BCUT2D eigenvalue weighted by atomic mass is 10.1. The Morgan fingerprint density at radius 2 is 2.09 bits per heavy atom. The molecule has 1 heterocycles. The molecule has 0 bridgehead atoms. The first-order valence-corrected chi connectivity index (χ1v) is 6.58. The van der Waals surface area contributed by atoms with E-state index < -0.39 is 10.8 Å². The fourth-order valence-electron chi connectivity index (χ4n) is 1.82. The zero-order chi connectivity index (χ0) is 16.8. The van der Waals surface area contributed by atoms with Crippen molar-refractivity contribution in [3.63, 3.8) is 0 Å². The summed E-state index contributed by atoms with van der Waals surface area (Å²) in [7, 11) is 0. The Bertz CT molecular complexity index is 727. The monoisotopic (exact) mass is 318 g/mol. The van der Waals surface area contributed by atoms with E-state index in [0.29, 0.717) is 5.76 Å². The molecule has 0 aliphatic carbocycles. The highest BCUT2D eigenvalue weighted by Gasteiger charge is 2.17. The van der Waals surface area contributed by atoms with Crippen LogP contribution in [0.15, 0.2) is 41.0 Å². The maximum Gasteiger partial charge on any atom is 0.293 e. The van der Waals surface area contributed by atoms with Gasteiger partial charge >= 0.3 is 0 Å². The smallest absolute Gasteiger partial charge is 0.293 e. The Kier molecular flexibility index (Phi) is 4.92. The molecule has 1 aromatic heterocycles. The highest BCUT2D eigenvalue weighted by atomic mass is 16.6. The van der Waals surface area contributed by atoms with E-state index in [0.717, 1.165) is 6.07 Å². The van der Waals surface area contributed by atoms with Gasteiger partial charge in [-0.3, -0.25) is 19.7 Å². The van der Waals surface area contributed by atoms with Crippen molar-refractivity contribution in [2.24, 2.45) is 5.73 Å². The third kappa shape index (κ3) is 4.30. The molecular weight excluding hydrogens is 304 g/mol. The minimum atomic E-state index is -0.768. The third-order valence-electron chi connectivity index (χ3n) is 2.96. The molecule has 2 rings (SSSR count). The van der Waals surface area contributed by atoms with E-state index in [9.17, 15) is 19.7 Å². The number of furan rings is 1. The quantitative estimate of drug-likeness (QED) is 0.514. The molecular formula is C14H14N4O5. The van der Waals surface area contributed by atoms with Gasteiger partial charge in [0.15, 0.2) is 0 Å². The van der Waals surface area contributed by atoms with E-state index in [2.05, 4.69) is 10.6 Å². The third-order valence-corrected chi connectivity index (χ3v) is 2.96. The first-order chi connectivity index (χ1) is 11.0. The van der Waals surface area contributed by atoms with Crippen molar-refractivity contribution >= 4 is 23.2 Å². The van der Waals surface area contributed by atoms with Crippen molar-refractivity contribution in [1.82, 2.24) is 5.32 Å². The summed E-state index contributed by atoms with van der Waals surface area (Å²) in [5, 5.41) is 16.3. The molecule has 2 amide bonds. The standard InChI is InChI=1S/C14H14N4O5/c15-14(20)9-3-4-11(12(6-9)18(21)22)16-8-13(19)17-7-10-2-1-5-23-10/h1-6,16H,7-8H2,(H2,15,20)(H,17,19). The average Bonchev–Trinajstić information content (AvgIpc) is 3.03. The van der Waals surface area contributed by atoms with Gasteiger partial charge in [-0.2, -0.15) is 0 Å². The summed E-state index contributed by atoms with van der Waals surface area (Å²) in [5.74, 6) is -0.541. The summed E-state index contributed by atoms with van der Waals surface area (Å²) < 4.78 is 5.06. The molecule has 9 heteroatoms. The number of rotatable bonds is 7. The number of benzene rings is 1. The van der Waals surface area contributed by atoms with E-state index in [1.807, 2.05) is 0 Å². The fourth-order valence-corrected chi connectivity index (χ4v) is 1.82. The highest BCUT2D eigenvalue weighted by molar-refractivity contribution is 5.94. The van der Waals surface area contributed by atoms with Gasteiger partial charge in [-0.25, -0.2) is 0 Å². The van der Waals surface area contributed by atoms with Gasteiger partial charge in [-0.15, -0.1) is 0 Å². The molecule has 0 radical (unpaired) electrons. The molecule has 2 aromatic rings. The maximum atomic E-state index is 11.7. The van der Waals surface area contributed by atoms with Crippen LogP contribution in [0.25, 0.3) is 0 Å². The second-order valence-electron chi connectivity index (χ2n) is 4.56. The van der Waals surface area contributed by atoms with Gasteiger partial charge in [0.25, 0.3) is 5.69 Å². The van der Waals surface area contributed by atoms with E-state index in [1.165, 1.54) is 18.4 Å². The largest absolute Gasteiger partial charge is 0.467 e. The topological polar surface area (TPSA) is 140 Å². The molecule has 0 saturated carbocycles. The van der Waals surface area contributed by atoms with Gasteiger partial charge in [-0.1, -0.05) is 0 Å². The average molecular weight is 318 g/mol. The number of nitrogens with one attached hydrogen (secondary N) is 2. The van der Waals surface area contributed by atoms with Gasteiger partial charge in [0.2, 0.25) is 11.8 Å². The summed E-state index contributed by atoms with van der Waals surface area (Å²) in [4.78, 5) is 33.1.